The van der Waals surface area contributed by atoms with E-state index in [0.29, 0.717) is 6.54 Å². The molecule has 0 atom stereocenters. The van der Waals surface area contributed by atoms with E-state index in [1.54, 1.807) is 0 Å². The minimum Gasteiger partial charge on any atom is -0.352 e. The molecule has 4 nitrogen and oxygen atoms in total. The van der Waals surface area contributed by atoms with Gasteiger partial charge in [-0.2, -0.15) is 5.10 Å². The Kier molecular flexibility index (Phi) is 5.80. The lowest BCUT2D eigenvalue weighted by Crippen LogP contribution is -2.26. The van der Waals surface area contributed by atoms with Crippen LogP contribution >= 0.6 is 38.5 Å². The molecule has 2 rings (SSSR count). The fraction of sp³-hybridized carbons (Fsp3) is 0.333. The number of halogens is 2. The van der Waals surface area contributed by atoms with Gasteiger partial charge in [0.25, 0.3) is 5.91 Å². The van der Waals surface area contributed by atoms with E-state index >= 15 is 0 Å². The van der Waals surface area contributed by atoms with Gasteiger partial charge >= 0.3 is 0 Å². The van der Waals surface area contributed by atoms with Crippen LogP contribution in [0.1, 0.15) is 28.2 Å². The number of hydrogen-bond donors (Lipinski definition) is 1. The zero-order valence-corrected chi connectivity index (χ0v) is 15.7. The number of aromatic nitrogens is 2. The van der Waals surface area contributed by atoms with Gasteiger partial charge in [-0.1, -0.05) is 12.1 Å². The SMILES string of the molecule is Cc1nn(CCCNC(=O)c2ccccc2I)c(C)c1Br. The summed E-state index contributed by atoms with van der Waals surface area (Å²) in [5.41, 5.74) is 2.85. The normalized spacial score (nSPS) is 10.7. The first kappa shape index (κ1) is 16.5. The van der Waals surface area contributed by atoms with Gasteiger partial charge in [0.05, 0.1) is 15.7 Å². The standard InChI is InChI=1S/C15H17BrIN3O/c1-10-14(16)11(2)20(19-10)9-5-8-18-15(21)12-6-3-4-7-13(12)17/h3-4,6-7H,5,8-9H2,1-2H3,(H,18,21). The average Bonchev–Trinajstić information content (AvgIpc) is 2.71. The maximum Gasteiger partial charge on any atom is 0.252 e. The van der Waals surface area contributed by atoms with Crippen LogP contribution in [0.15, 0.2) is 28.7 Å². The van der Waals surface area contributed by atoms with Gasteiger partial charge < -0.3 is 5.32 Å². The monoisotopic (exact) mass is 461 g/mol. The Labute approximate surface area is 146 Å². The highest BCUT2D eigenvalue weighted by molar-refractivity contribution is 14.1. The Morgan fingerprint density at radius 2 is 2.10 bits per heavy atom. The Morgan fingerprint density at radius 1 is 1.38 bits per heavy atom. The summed E-state index contributed by atoms with van der Waals surface area (Å²) in [6, 6.07) is 7.59. The number of carbonyl (C=O) groups excluding carboxylic acids is 1. The van der Waals surface area contributed by atoms with E-state index < -0.39 is 0 Å². The van der Waals surface area contributed by atoms with Gasteiger partial charge in [0.1, 0.15) is 0 Å². The molecule has 2 aromatic rings. The molecule has 0 saturated heterocycles. The summed E-state index contributed by atoms with van der Waals surface area (Å²) in [4.78, 5) is 12.1. The molecule has 0 saturated carbocycles. The number of aryl methyl sites for hydroxylation is 2. The molecule has 0 aliphatic carbocycles. The van der Waals surface area contributed by atoms with Crippen molar-refractivity contribution in [3.8, 4) is 0 Å². The fourth-order valence-corrected chi connectivity index (χ4v) is 2.98. The molecule has 1 aromatic carbocycles. The van der Waals surface area contributed by atoms with E-state index in [0.717, 1.165) is 38.0 Å². The van der Waals surface area contributed by atoms with Crippen LogP contribution in [-0.4, -0.2) is 22.2 Å². The summed E-state index contributed by atoms with van der Waals surface area (Å²) in [6.45, 7) is 5.45. The zero-order chi connectivity index (χ0) is 15.4. The molecule has 0 spiro atoms. The second-order valence-corrected chi connectivity index (χ2v) is 6.75. The molecular weight excluding hydrogens is 445 g/mol. The molecule has 0 radical (unpaired) electrons. The fourth-order valence-electron chi connectivity index (χ4n) is 2.06. The summed E-state index contributed by atoms with van der Waals surface area (Å²) >= 11 is 5.69. The minimum atomic E-state index is -0.0189. The first-order chi connectivity index (χ1) is 10.0. The highest BCUT2D eigenvalue weighted by atomic mass is 127. The first-order valence-corrected chi connectivity index (χ1v) is 8.60. The van der Waals surface area contributed by atoms with Gasteiger partial charge in [-0.25, -0.2) is 0 Å². The lowest BCUT2D eigenvalue weighted by atomic mass is 10.2. The molecule has 21 heavy (non-hydrogen) atoms. The van der Waals surface area contributed by atoms with Crippen LogP contribution in [0.2, 0.25) is 0 Å². The van der Waals surface area contributed by atoms with Crippen LogP contribution in [0.5, 0.6) is 0 Å². The molecule has 0 fully saturated rings. The summed E-state index contributed by atoms with van der Waals surface area (Å²) in [7, 11) is 0. The highest BCUT2D eigenvalue weighted by Gasteiger charge is 2.10. The third-order valence-corrected chi connectivity index (χ3v) is 5.33. The van der Waals surface area contributed by atoms with E-state index in [1.807, 2.05) is 42.8 Å². The topological polar surface area (TPSA) is 46.9 Å². The minimum absolute atomic E-state index is 0.0189. The number of carbonyl (C=O) groups is 1. The van der Waals surface area contributed by atoms with Gasteiger partial charge in [-0.15, -0.1) is 0 Å². The number of amides is 1. The van der Waals surface area contributed by atoms with Crippen molar-refractivity contribution in [1.82, 2.24) is 15.1 Å². The van der Waals surface area contributed by atoms with E-state index in [2.05, 4.69) is 48.9 Å². The Balaban J connectivity index is 1.84. The molecule has 0 aliphatic rings. The summed E-state index contributed by atoms with van der Waals surface area (Å²) in [5.74, 6) is -0.0189. The Hall–Kier alpha value is -0.890. The van der Waals surface area contributed by atoms with Crippen molar-refractivity contribution in [2.24, 2.45) is 0 Å². The van der Waals surface area contributed by atoms with Gasteiger partial charge in [-0.05, 0) is 70.9 Å². The molecule has 1 N–H and O–H groups in total. The van der Waals surface area contributed by atoms with E-state index in [1.165, 1.54) is 0 Å². The quantitative estimate of drug-likeness (QED) is 0.545. The number of nitrogens with one attached hydrogen (secondary N) is 1. The largest absolute Gasteiger partial charge is 0.352 e. The molecular formula is C15H17BrIN3O. The number of benzene rings is 1. The van der Waals surface area contributed by atoms with Crippen molar-refractivity contribution in [2.75, 3.05) is 6.54 Å². The maximum atomic E-state index is 12.1. The maximum absolute atomic E-state index is 12.1. The lowest BCUT2D eigenvalue weighted by molar-refractivity contribution is 0.0951. The van der Waals surface area contributed by atoms with Crippen molar-refractivity contribution >= 4 is 44.4 Å². The van der Waals surface area contributed by atoms with Crippen LogP contribution in [0.3, 0.4) is 0 Å². The molecule has 1 aromatic heterocycles. The summed E-state index contributed by atoms with van der Waals surface area (Å²) in [6.07, 6.45) is 0.851. The zero-order valence-electron chi connectivity index (χ0n) is 12.0. The summed E-state index contributed by atoms with van der Waals surface area (Å²) in [5, 5.41) is 7.41. The van der Waals surface area contributed by atoms with Crippen LogP contribution < -0.4 is 5.32 Å². The van der Waals surface area contributed by atoms with Gasteiger partial charge in [0, 0.05) is 22.4 Å². The Morgan fingerprint density at radius 3 is 2.71 bits per heavy atom. The lowest BCUT2D eigenvalue weighted by Gasteiger charge is -2.08. The van der Waals surface area contributed by atoms with E-state index in [9.17, 15) is 4.79 Å². The number of rotatable bonds is 5. The molecule has 6 heteroatoms. The van der Waals surface area contributed by atoms with Crippen LogP contribution in [0, 0.1) is 17.4 Å². The van der Waals surface area contributed by atoms with Crippen molar-refractivity contribution in [2.45, 2.75) is 26.8 Å². The second kappa shape index (κ2) is 7.40. The van der Waals surface area contributed by atoms with Crippen LogP contribution in [0.25, 0.3) is 0 Å². The third-order valence-electron chi connectivity index (χ3n) is 3.24. The molecule has 0 bridgehead atoms. The van der Waals surface area contributed by atoms with Crippen LogP contribution in [0.4, 0.5) is 0 Å². The smallest absolute Gasteiger partial charge is 0.252 e. The molecule has 0 unspecified atom stereocenters. The van der Waals surface area contributed by atoms with Crippen molar-refractivity contribution in [3.05, 3.63) is 49.3 Å². The number of nitrogens with zero attached hydrogens (tertiary/aromatic N) is 2. The first-order valence-electron chi connectivity index (χ1n) is 6.73. The molecule has 112 valence electrons. The van der Waals surface area contributed by atoms with Crippen LogP contribution in [-0.2, 0) is 6.54 Å². The van der Waals surface area contributed by atoms with E-state index in [4.69, 9.17) is 0 Å². The number of hydrogen-bond acceptors (Lipinski definition) is 2. The predicted octanol–water partition coefficient (Wildman–Crippen LogP) is 3.69. The molecule has 1 heterocycles. The summed E-state index contributed by atoms with van der Waals surface area (Å²) < 4.78 is 4.00. The van der Waals surface area contributed by atoms with Crippen molar-refractivity contribution in [1.29, 1.82) is 0 Å². The van der Waals surface area contributed by atoms with E-state index in [-0.39, 0.29) is 5.91 Å². The predicted molar refractivity (Wildman–Crippen MR) is 95.5 cm³/mol. The van der Waals surface area contributed by atoms with Gasteiger partial charge in [0.15, 0.2) is 0 Å². The van der Waals surface area contributed by atoms with Crippen molar-refractivity contribution in [3.63, 3.8) is 0 Å². The van der Waals surface area contributed by atoms with Gasteiger partial charge in [0.2, 0.25) is 0 Å². The highest BCUT2D eigenvalue weighted by Crippen LogP contribution is 2.19. The molecule has 1 amide bonds. The Bertz CT molecular complexity index is 654. The third kappa shape index (κ3) is 4.06. The average molecular weight is 462 g/mol. The second-order valence-electron chi connectivity index (χ2n) is 4.80. The van der Waals surface area contributed by atoms with Crippen molar-refractivity contribution < 1.29 is 4.79 Å². The molecule has 0 aliphatic heterocycles. The van der Waals surface area contributed by atoms with Gasteiger partial charge in [-0.3, -0.25) is 9.48 Å².